The summed E-state index contributed by atoms with van der Waals surface area (Å²) in [6.07, 6.45) is 0.660. The Morgan fingerprint density at radius 2 is 2.07 bits per heavy atom. The van der Waals surface area contributed by atoms with Gasteiger partial charge in [-0.05, 0) is 12.8 Å². The van der Waals surface area contributed by atoms with Crippen LogP contribution in [-0.2, 0) is 9.53 Å². The maximum Gasteiger partial charge on any atom is 0.343 e. The first kappa shape index (κ1) is 11.9. The Morgan fingerprint density at radius 3 is 2.47 bits per heavy atom. The van der Waals surface area contributed by atoms with Crippen LogP contribution in [0.25, 0.3) is 0 Å². The highest BCUT2D eigenvalue weighted by molar-refractivity contribution is 5.77. The number of nitro groups is 1. The molecule has 1 aliphatic heterocycles. The molecule has 0 saturated carbocycles. The van der Waals surface area contributed by atoms with Crippen LogP contribution in [0.4, 0.5) is 0 Å². The van der Waals surface area contributed by atoms with Crippen molar-refractivity contribution in [2.75, 3.05) is 19.8 Å². The molecule has 0 radical (unpaired) electrons. The summed E-state index contributed by atoms with van der Waals surface area (Å²) in [6, 6.07) is 0. The quantitative estimate of drug-likeness (QED) is 0.487. The normalized spacial score (nSPS) is 21.9. The van der Waals surface area contributed by atoms with Crippen LogP contribution in [0, 0.1) is 16.0 Å². The highest BCUT2D eigenvalue weighted by Gasteiger charge is 2.49. The van der Waals surface area contributed by atoms with E-state index in [1.54, 1.807) is 0 Å². The first-order valence-corrected chi connectivity index (χ1v) is 4.62. The van der Waals surface area contributed by atoms with E-state index >= 15 is 0 Å². The van der Waals surface area contributed by atoms with Crippen molar-refractivity contribution in [1.29, 1.82) is 0 Å². The van der Waals surface area contributed by atoms with E-state index in [-0.39, 0.29) is 0 Å². The van der Waals surface area contributed by atoms with Crippen LogP contribution in [0.2, 0.25) is 0 Å². The molecule has 1 rings (SSSR count). The molecule has 0 aromatic heterocycles. The van der Waals surface area contributed by atoms with Crippen molar-refractivity contribution in [2.45, 2.75) is 18.4 Å². The van der Waals surface area contributed by atoms with E-state index in [1.807, 2.05) is 0 Å². The Kier molecular flexibility index (Phi) is 3.59. The third-order valence-electron chi connectivity index (χ3n) is 2.64. The molecule has 1 aliphatic rings. The van der Waals surface area contributed by atoms with Crippen LogP contribution in [0.1, 0.15) is 12.8 Å². The lowest BCUT2D eigenvalue weighted by Crippen LogP contribution is -2.52. The molecule has 0 aliphatic carbocycles. The largest absolute Gasteiger partial charge is 0.479 e. The predicted molar refractivity (Wildman–Crippen MR) is 48.0 cm³/mol. The van der Waals surface area contributed by atoms with Crippen LogP contribution in [-0.4, -0.2) is 46.5 Å². The predicted octanol–water partition coefficient (Wildman–Crippen LogP) is -0.495. The molecule has 0 amide bonds. The molecule has 15 heavy (non-hydrogen) atoms. The minimum atomic E-state index is -2.27. The Hall–Kier alpha value is -1.21. The van der Waals surface area contributed by atoms with Crippen LogP contribution in [0.3, 0.4) is 0 Å². The molecule has 0 bridgehead atoms. The maximum atomic E-state index is 10.9. The Balaban J connectivity index is 2.78. The number of carboxylic acid groups (broad SMARTS) is 1. The van der Waals surface area contributed by atoms with E-state index in [4.69, 9.17) is 9.84 Å². The molecule has 0 aromatic carbocycles. The van der Waals surface area contributed by atoms with Crippen molar-refractivity contribution >= 4 is 5.97 Å². The number of carboxylic acids is 1. The van der Waals surface area contributed by atoms with Crippen molar-refractivity contribution in [2.24, 2.45) is 5.92 Å². The maximum absolute atomic E-state index is 10.9. The van der Waals surface area contributed by atoms with Gasteiger partial charge in [0.2, 0.25) is 12.1 Å². The summed E-state index contributed by atoms with van der Waals surface area (Å²) >= 11 is 0. The lowest BCUT2D eigenvalue weighted by molar-refractivity contribution is -0.500. The van der Waals surface area contributed by atoms with Crippen molar-refractivity contribution in [3.05, 3.63) is 10.1 Å². The zero-order chi connectivity index (χ0) is 11.5. The molecular weight excluding hydrogens is 206 g/mol. The fourth-order valence-electron chi connectivity index (χ4n) is 1.74. The van der Waals surface area contributed by atoms with Crippen molar-refractivity contribution in [3.8, 4) is 0 Å². The van der Waals surface area contributed by atoms with Gasteiger partial charge in [0.05, 0.1) is 0 Å². The summed E-state index contributed by atoms with van der Waals surface area (Å²) in [7, 11) is 0. The third-order valence-corrected chi connectivity index (χ3v) is 2.64. The second-order valence-corrected chi connectivity index (χ2v) is 3.61. The smallest absolute Gasteiger partial charge is 0.343 e. The zero-order valence-corrected chi connectivity index (χ0v) is 8.09. The van der Waals surface area contributed by atoms with Gasteiger partial charge in [-0.25, -0.2) is 4.79 Å². The molecule has 2 N–H and O–H groups in total. The second kappa shape index (κ2) is 4.54. The molecule has 86 valence electrons. The average molecular weight is 219 g/mol. The van der Waals surface area contributed by atoms with Gasteiger partial charge in [0.1, 0.15) is 0 Å². The summed E-state index contributed by atoms with van der Waals surface area (Å²) in [5, 5.41) is 28.9. The van der Waals surface area contributed by atoms with E-state index in [0.29, 0.717) is 26.1 Å². The summed E-state index contributed by atoms with van der Waals surface area (Å²) in [6.45, 7) is -0.303. The average Bonchev–Trinajstić information content (AvgIpc) is 2.17. The van der Waals surface area contributed by atoms with E-state index in [0.717, 1.165) is 0 Å². The van der Waals surface area contributed by atoms with Gasteiger partial charge in [0.15, 0.2) is 0 Å². The fourth-order valence-corrected chi connectivity index (χ4v) is 1.74. The molecule has 1 unspecified atom stereocenters. The minimum absolute atomic E-state index is 0.330. The first-order valence-electron chi connectivity index (χ1n) is 4.62. The lowest BCUT2D eigenvalue weighted by Gasteiger charge is -2.31. The monoisotopic (exact) mass is 219 g/mol. The van der Waals surface area contributed by atoms with E-state index in [9.17, 15) is 20.0 Å². The van der Waals surface area contributed by atoms with Crippen LogP contribution in [0.15, 0.2) is 0 Å². The molecular formula is C8H13NO6. The molecule has 0 aromatic rings. The molecule has 0 spiro atoms. The van der Waals surface area contributed by atoms with Gasteiger partial charge in [-0.1, -0.05) is 0 Å². The molecule has 7 nitrogen and oxygen atoms in total. The van der Waals surface area contributed by atoms with Gasteiger partial charge >= 0.3 is 5.97 Å². The number of ether oxygens (including phenoxy) is 1. The van der Waals surface area contributed by atoms with E-state index in [1.165, 1.54) is 0 Å². The molecule has 1 saturated heterocycles. The molecule has 1 fully saturated rings. The van der Waals surface area contributed by atoms with Crippen molar-refractivity contribution in [1.82, 2.24) is 0 Å². The van der Waals surface area contributed by atoms with Crippen LogP contribution >= 0.6 is 0 Å². The highest BCUT2D eigenvalue weighted by atomic mass is 16.6. The van der Waals surface area contributed by atoms with Gasteiger partial charge in [0.25, 0.3) is 0 Å². The molecule has 1 heterocycles. The standard InChI is InChI=1S/C8H13NO6/c10-7(11)8(12,5-9(13)14)6-1-3-15-4-2-6/h6,12H,1-5H2,(H,10,11). The Morgan fingerprint density at radius 1 is 1.53 bits per heavy atom. The van der Waals surface area contributed by atoms with Crippen LogP contribution in [0.5, 0.6) is 0 Å². The summed E-state index contributed by atoms with van der Waals surface area (Å²) in [5.41, 5.74) is -2.27. The number of hydrogen-bond donors (Lipinski definition) is 2. The summed E-state index contributed by atoms with van der Waals surface area (Å²) in [4.78, 5) is 20.4. The number of rotatable bonds is 4. The lowest BCUT2D eigenvalue weighted by atomic mass is 9.82. The third kappa shape index (κ3) is 2.63. The highest BCUT2D eigenvalue weighted by Crippen LogP contribution is 2.28. The fraction of sp³-hybridized carbons (Fsp3) is 0.875. The Bertz CT molecular complexity index is 262. The van der Waals surface area contributed by atoms with Gasteiger partial charge in [-0.15, -0.1) is 0 Å². The van der Waals surface area contributed by atoms with Crippen molar-refractivity contribution < 1.29 is 24.7 Å². The van der Waals surface area contributed by atoms with Crippen LogP contribution < -0.4 is 0 Å². The topological polar surface area (TPSA) is 110 Å². The second-order valence-electron chi connectivity index (χ2n) is 3.61. The summed E-state index contributed by atoms with van der Waals surface area (Å²) in [5.74, 6) is -2.15. The van der Waals surface area contributed by atoms with Gasteiger partial charge in [-0.3, -0.25) is 10.1 Å². The van der Waals surface area contributed by atoms with Gasteiger partial charge in [-0.2, -0.15) is 0 Å². The first-order chi connectivity index (χ1) is 6.97. The molecule has 1 atom stereocenters. The van der Waals surface area contributed by atoms with E-state index < -0.39 is 29.0 Å². The zero-order valence-electron chi connectivity index (χ0n) is 8.09. The van der Waals surface area contributed by atoms with Gasteiger partial charge < -0.3 is 14.9 Å². The SMILES string of the molecule is O=C(O)C(O)(C[N+](=O)[O-])C1CCOCC1. The Labute approximate surface area is 85.8 Å². The van der Waals surface area contributed by atoms with Gasteiger partial charge in [0, 0.05) is 24.1 Å². The number of nitrogens with zero attached hydrogens (tertiary/aromatic N) is 1. The number of carbonyl (C=O) groups is 1. The van der Waals surface area contributed by atoms with Crippen molar-refractivity contribution in [3.63, 3.8) is 0 Å². The summed E-state index contributed by atoms with van der Waals surface area (Å²) < 4.78 is 5.01. The number of aliphatic hydroxyl groups is 1. The van der Waals surface area contributed by atoms with E-state index in [2.05, 4.69) is 0 Å². The number of aliphatic carboxylic acids is 1. The minimum Gasteiger partial charge on any atom is -0.479 e. The number of hydrogen-bond acceptors (Lipinski definition) is 5. The molecule has 7 heteroatoms.